The number of rotatable bonds is 10. The zero-order chi connectivity index (χ0) is 43.7. The van der Waals surface area contributed by atoms with E-state index in [-0.39, 0.29) is 43.0 Å². The second kappa shape index (κ2) is 18.2. The molecule has 2 aliphatic heterocycles. The van der Waals surface area contributed by atoms with Crippen LogP contribution in [0, 0.1) is 11.3 Å². The van der Waals surface area contributed by atoms with Gasteiger partial charge >= 0.3 is 12.0 Å². The van der Waals surface area contributed by atoms with Crippen LogP contribution in [0.2, 0.25) is 0 Å². The van der Waals surface area contributed by atoms with Gasteiger partial charge in [-0.1, -0.05) is 33.8 Å². The fraction of sp³-hybridized carbons (Fsp3) is 0.565. The van der Waals surface area contributed by atoms with E-state index in [1.54, 1.807) is 20.4 Å². The summed E-state index contributed by atoms with van der Waals surface area (Å²) in [6.07, 6.45) is 5.23. The molecular formula is C46H62N8O6S. The lowest BCUT2D eigenvalue weighted by Gasteiger charge is -2.37. The summed E-state index contributed by atoms with van der Waals surface area (Å²) in [4.78, 5) is 69.6. The first kappa shape index (κ1) is 44.2. The first-order chi connectivity index (χ1) is 29.2. The highest BCUT2D eigenvalue weighted by molar-refractivity contribution is 7.10. The number of amides is 4. The van der Waals surface area contributed by atoms with Gasteiger partial charge in [0.15, 0.2) is 0 Å². The number of urea groups is 1. The number of cyclic esters (lactones) is 1. The number of methoxy groups -OCH3 is 1. The van der Waals surface area contributed by atoms with E-state index in [0.717, 1.165) is 57.5 Å². The van der Waals surface area contributed by atoms with Gasteiger partial charge in [-0.15, -0.1) is 11.3 Å². The predicted octanol–water partition coefficient (Wildman–Crippen LogP) is 6.76. The number of fused-ring (bicyclic) bond motifs is 6. The van der Waals surface area contributed by atoms with E-state index in [9.17, 15) is 19.2 Å². The van der Waals surface area contributed by atoms with Gasteiger partial charge in [-0.3, -0.25) is 24.4 Å². The van der Waals surface area contributed by atoms with Crippen molar-refractivity contribution in [1.29, 1.82) is 0 Å². The maximum Gasteiger partial charge on any atom is 0.324 e. The van der Waals surface area contributed by atoms with Crippen LogP contribution in [0.4, 0.5) is 4.79 Å². The summed E-state index contributed by atoms with van der Waals surface area (Å²) in [5, 5.41) is 8.23. The molecule has 4 amide bonds. The number of benzene rings is 1. The van der Waals surface area contributed by atoms with Crippen molar-refractivity contribution in [3.05, 3.63) is 58.2 Å². The fourth-order valence-electron chi connectivity index (χ4n) is 9.00. The number of hydrazine groups is 1. The molecule has 1 aromatic carbocycles. The minimum Gasteiger partial charge on any atom is -0.464 e. The van der Waals surface area contributed by atoms with Gasteiger partial charge < -0.3 is 29.2 Å². The first-order valence-electron chi connectivity index (χ1n) is 21.8. The van der Waals surface area contributed by atoms with E-state index in [2.05, 4.69) is 60.3 Å². The molecule has 7 rings (SSSR count). The molecule has 6 bridgehead atoms. The largest absolute Gasteiger partial charge is 0.464 e. The summed E-state index contributed by atoms with van der Waals surface area (Å²) in [5.41, 5.74) is 9.42. The molecule has 1 aliphatic carbocycles. The lowest BCUT2D eigenvalue weighted by atomic mass is 9.84. The minimum atomic E-state index is -1.03. The highest BCUT2D eigenvalue weighted by Crippen LogP contribution is 2.42. The average molecular weight is 855 g/mol. The zero-order valence-electron chi connectivity index (χ0n) is 37.1. The summed E-state index contributed by atoms with van der Waals surface area (Å²) in [6.45, 7) is 15.9. The molecule has 0 spiro atoms. The van der Waals surface area contributed by atoms with Crippen LogP contribution >= 0.6 is 11.3 Å². The van der Waals surface area contributed by atoms with Gasteiger partial charge in [0, 0.05) is 85.3 Å². The van der Waals surface area contributed by atoms with Crippen LogP contribution in [-0.4, -0.2) is 111 Å². The second-order valence-corrected chi connectivity index (χ2v) is 18.8. The normalized spacial score (nSPS) is 20.5. The number of carbonyl (C=O) groups excluding carboxylic acids is 4. The third-order valence-electron chi connectivity index (χ3n) is 12.3. The number of pyridine rings is 1. The van der Waals surface area contributed by atoms with Crippen LogP contribution in [0.25, 0.3) is 33.4 Å². The Morgan fingerprint density at radius 2 is 1.90 bits per heavy atom. The summed E-state index contributed by atoms with van der Waals surface area (Å²) >= 11 is 1.43. The number of esters is 1. The van der Waals surface area contributed by atoms with E-state index in [1.165, 1.54) is 21.2 Å². The lowest BCUT2D eigenvalue weighted by molar-refractivity contribution is -0.155. The molecule has 5 heterocycles. The topological polar surface area (TPSA) is 151 Å². The van der Waals surface area contributed by atoms with Crippen molar-refractivity contribution in [2.24, 2.45) is 11.3 Å². The van der Waals surface area contributed by atoms with E-state index >= 15 is 0 Å². The molecule has 3 aliphatic rings. The van der Waals surface area contributed by atoms with E-state index in [1.807, 2.05) is 44.0 Å². The molecule has 3 aromatic heterocycles. The number of aromatic nitrogens is 3. The van der Waals surface area contributed by atoms with Crippen LogP contribution in [0.1, 0.15) is 96.5 Å². The third kappa shape index (κ3) is 9.19. The highest BCUT2D eigenvalue weighted by atomic mass is 32.1. The van der Waals surface area contributed by atoms with Crippen LogP contribution in [-0.2, 0) is 43.2 Å². The Kier molecular flexibility index (Phi) is 13.2. The van der Waals surface area contributed by atoms with Gasteiger partial charge in [-0.05, 0) is 88.6 Å². The van der Waals surface area contributed by atoms with Gasteiger partial charge in [0.1, 0.15) is 18.1 Å². The van der Waals surface area contributed by atoms with Gasteiger partial charge in [0.05, 0.1) is 34.8 Å². The molecule has 328 valence electrons. The lowest BCUT2D eigenvalue weighted by Crippen LogP contribution is -2.62. The number of carbonyl (C=O) groups is 4. The minimum absolute atomic E-state index is 0.119. The Morgan fingerprint density at radius 1 is 1.13 bits per heavy atom. The standard InChI is InChI=1S/C46H62N8O6S/c1-10-52(30-17-18-30)45(58)51(8)40(27(3)4)42(55)49-35-23-38-48-36(25-61-38)29-16-19-37-32(22-29)33(41(53(37)11-2)31-14-12-20-47-39(31)28(5)59-9)24-46(6,7)26-60-44(57)34-15-13-21-54(50-34)43(35)56/h12,14,16,19-20,22,25,27-28,30,34-35,40,50H,10-11,13,15,17-18,21,23-24,26H2,1-9H3,(H,49,55)/t28-,34-,35-,40?/m0/s1. The predicted molar refractivity (Wildman–Crippen MR) is 237 cm³/mol. The summed E-state index contributed by atoms with van der Waals surface area (Å²) in [7, 11) is 3.35. The van der Waals surface area contributed by atoms with Crippen molar-refractivity contribution in [3.8, 4) is 22.5 Å². The van der Waals surface area contributed by atoms with Gasteiger partial charge in [0.25, 0.3) is 5.91 Å². The Morgan fingerprint density at radius 3 is 2.59 bits per heavy atom. The monoisotopic (exact) mass is 854 g/mol. The van der Waals surface area contributed by atoms with E-state index in [4.69, 9.17) is 19.4 Å². The second-order valence-electron chi connectivity index (χ2n) is 17.9. The quantitative estimate of drug-likeness (QED) is 0.165. The number of nitrogens with one attached hydrogen (secondary N) is 2. The van der Waals surface area contributed by atoms with Crippen molar-refractivity contribution < 1.29 is 28.7 Å². The molecule has 1 saturated carbocycles. The maximum atomic E-state index is 14.5. The van der Waals surface area contributed by atoms with Gasteiger partial charge in [-0.25, -0.2) is 15.2 Å². The molecule has 4 aromatic rings. The van der Waals surface area contributed by atoms with Gasteiger partial charge in [0.2, 0.25) is 5.91 Å². The number of hydrogen-bond donors (Lipinski definition) is 2. The van der Waals surface area contributed by atoms with Crippen LogP contribution in [0.15, 0.2) is 41.9 Å². The number of likely N-dealkylation sites (N-methyl/N-ethyl adjacent to an activating group) is 1. The Labute approximate surface area is 363 Å². The smallest absolute Gasteiger partial charge is 0.324 e. The molecule has 1 saturated heterocycles. The van der Waals surface area contributed by atoms with Crippen LogP contribution < -0.4 is 10.7 Å². The molecule has 15 heteroatoms. The summed E-state index contributed by atoms with van der Waals surface area (Å²) < 4.78 is 14.2. The van der Waals surface area contributed by atoms with Crippen LogP contribution in [0.5, 0.6) is 0 Å². The first-order valence-corrected chi connectivity index (χ1v) is 22.7. The number of thiazole rings is 1. The SMILES string of the molecule is CCN(C(=O)N(C)C(C(=O)N[C@H]1Cc2nc(cs2)-c2ccc3c(c2)c(c(-c2cccnc2[C@H](C)OC)n3CC)CC(C)(C)COC(=O)[C@@H]2CCCN(N2)C1=O)C(C)C)C1CC1. The zero-order valence-corrected chi connectivity index (χ0v) is 37.9. The summed E-state index contributed by atoms with van der Waals surface area (Å²) in [6, 6.07) is 7.85. The fourth-order valence-corrected chi connectivity index (χ4v) is 9.85. The summed E-state index contributed by atoms with van der Waals surface area (Å²) in [5.74, 6) is -1.48. The molecule has 2 fully saturated rings. The number of aryl methyl sites for hydroxylation is 1. The van der Waals surface area contributed by atoms with Crippen molar-refractivity contribution in [1.82, 2.24) is 40.1 Å². The molecule has 4 atom stereocenters. The number of hydrogen-bond acceptors (Lipinski definition) is 10. The molecule has 14 nitrogen and oxygen atoms in total. The van der Waals surface area contributed by atoms with E-state index < -0.39 is 35.4 Å². The van der Waals surface area contributed by atoms with Crippen molar-refractivity contribution in [2.75, 3.05) is 33.9 Å². The molecule has 1 unspecified atom stereocenters. The van der Waals surface area contributed by atoms with Crippen molar-refractivity contribution in [2.45, 2.75) is 124 Å². The van der Waals surface area contributed by atoms with Crippen molar-refractivity contribution >= 4 is 46.1 Å². The molecule has 61 heavy (non-hydrogen) atoms. The van der Waals surface area contributed by atoms with Crippen LogP contribution in [0.3, 0.4) is 0 Å². The Balaban J connectivity index is 1.30. The third-order valence-corrected chi connectivity index (χ3v) is 13.2. The Bertz CT molecular complexity index is 2260. The molecule has 0 radical (unpaired) electrons. The number of ether oxygens (including phenoxy) is 2. The number of nitrogens with zero attached hydrogens (tertiary/aromatic N) is 6. The molecular weight excluding hydrogens is 793 g/mol. The van der Waals surface area contributed by atoms with Gasteiger partial charge in [-0.2, -0.15) is 0 Å². The van der Waals surface area contributed by atoms with Crippen molar-refractivity contribution in [3.63, 3.8) is 0 Å². The molecule has 2 N–H and O–H groups in total. The van der Waals surface area contributed by atoms with E-state index in [0.29, 0.717) is 43.9 Å². The maximum absolute atomic E-state index is 14.5. The highest BCUT2D eigenvalue weighted by Gasteiger charge is 2.40. The Hall–Kier alpha value is -4.86. The average Bonchev–Trinajstić information content (AvgIpc) is 3.90.